The first-order valence-electron chi connectivity index (χ1n) is 6.91. The van der Waals surface area contributed by atoms with Gasteiger partial charge in [0.25, 0.3) is 0 Å². The van der Waals surface area contributed by atoms with Crippen LogP contribution in [0, 0.1) is 0 Å². The zero-order valence-electron chi connectivity index (χ0n) is 11.3. The third-order valence-corrected chi connectivity index (χ3v) is 4.22. The van der Waals surface area contributed by atoms with E-state index >= 15 is 0 Å². The zero-order chi connectivity index (χ0) is 12.5. The average Bonchev–Trinajstić information content (AvgIpc) is 2.96. The Morgan fingerprint density at radius 1 is 1.44 bits per heavy atom. The van der Waals surface area contributed by atoms with Crippen molar-refractivity contribution in [2.75, 3.05) is 25.5 Å². The Balaban J connectivity index is 1.68. The highest BCUT2D eigenvalue weighted by atomic mass is 16.5. The first kappa shape index (κ1) is 12.0. The van der Waals surface area contributed by atoms with Crippen LogP contribution < -0.4 is 5.32 Å². The van der Waals surface area contributed by atoms with Gasteiger partial charge in [0.1, 0.15) is 0 Å². The summed E-state index contributed by atoms with van der Waals surface area (Å²) in [6.45, 7) is 5.18. The van der Waals surface area contributed by atoms with Crippen LogP contribution in [-0.2, 0) is 17.7 Å². The van der Waals surface area contributed by atoms with Crippen LogP contribution >= 0.6 is 0 Å². The molecule has 0 aromatic heterocycles. The van der Waals surface area contributed by atoms with Crippen LogP contribution in [0.4, 0.5) is 5.69 Å². The zero-order valence-corrected chi connectivity index (χ0v) is 11.3. The highest BCUT2D eigenvalue weighted by Gasteiger charge is 2.27. The predicted molar refractivity (Wildman–Crippen MR) is 73.9 cm³/mol. The van der Waals surface area contributed by atoms with E-state index in [0.29, 0.717) is 12.1 Å². The normalized spacial score (nSPS) is 26.4. The number of benzene rings is 1. The molecule has 2 heterocycles. The lowest BCUT2D eigenvalue weighted by Crippen LogP contribution is -2.36. The van der Waals surface area contributed by atoms with E-state index in [9.17, 15) is 0 Å². The number of nitrogens with zero attached hydrogens (tertiary/aromatic N) is 1. The van der Waals surface area contributed by atoms with Crippen molar-refractivity contribution >= 4 is 5.69 Å². The van der Waals surface area contributed by atoms with Crippen molar-refractivity contribution < 1.29 is 4.74 Å². The molecule has 0 amide bonds. The summed E-state index contributed by atoms with van der Waals surface area (Å²) in [6.07, 6.45) is 2.68. The highest BCUT2D eigenvalue weighted by molar-refractivity contribution is 5.57. The molecule has 98 valence electrons. The lowest BCUT2D eigenvalue weighted by molar-refractivity contribution is 0.0814. The molecule has 2 atom stereocenters. The van der Waals surface area contributed by atoms with E-state index in [1.807, 2.05) is 0 Å². The molecule has 18 heavy (non-hydrogen) atoms. The van der Waals surface area contributed by atoms with Gasteiger partial charge in [0.15, 0.2) is 0 Å². The van der Waals surface area contributed by atoms with E-state index in [1.165, 1.54) is 23.2 Å². The summed E-state index contributed by atoms with van der Waals surface area (Å²) in [6, 6.07) is 7.40. The number of anilines is 1. The molecule has 1 aromatic rings. The molecule has 0 spiro atoms. The largest absolute Gasteiger partial charge is 0.384 e. The van der Waals surface area contributed by atoms with Crippen molar-refractivity contribution in [2.24, 2.45) is 0 Å². The number of fused-ring (bicyclic) bond motifs is 1. The van der Waals surface area contributed by atoms with Gasteiger partial charge in [-0.1, -0.05) is 12.1 Å². The lowest BCUT2D eigenvalue weighted by Gasteiger charge is -2.26. The Bertz CT molecular complexity index is 433. The molecule has 3 heteroatoms. The fraction of sp³-hybridized carbons (Fsp3) is 0.600. The summed E-state index contributed by atoms with van der Waals surface area (Å²) in [5.74, 6) is 0. The topological polar surface area (TPSA) is 24.5 Å². The van der Waals surface area contributed by atoms with Gasteiger partial charge in [0.2, 0.25) is 0 Å². The minimum absolute atomic E-state index is 0.363. The van der Waals surface area contributed by atoms with Gasteiger partial charge in [0.05, 0.1) is 6.10 Å². The lowest BCUT2D eigenvalue weighted by atomic mass is 10.1. The fourth-order valence-electron chi connectivity index (χ4n) is 3.14. The first-order valence-corrected chi connectivity index (χ1v) is 6.91. The SMILES string of the molecule is CC1OCCC1N(C)Cc1ccc2c(c1)NCC2. The Morgan fingerprint density at radius 3 is 3.11 bits per heavy atom. The number of hydrogen-bond donors (Lipinski definition) is 1. The Hall–Kier alpha value is -1.06. The molecule has 1 fully saturated rings. The monoisotopic (exact) mass is 246 g/mol. The summed E-state index contributed by atoms with van der Waals surface area (Å²) in [4.78, 5) is 2.42. The summed E-state index contributed by atoms with van der Waals surface area (Å²) in [7, 11) is 2.20. The first-order chi connectivity index (χ1) is 8.74. The summed E-state index contributed by atoms with van der Waals surface area (Å²) in [5, 5.41) is 3.45. The number of nitrogens with one attached hydrogen (secondary N) is 1. The van der Waals surface area contributed by atoms with Gasteiger partial charge in [0, 0.05) is 31.4 Å². The van der Waals surface area contributed by atoms with E-state index in [2.05, 4.69) is 42.4 Å². The van der Waals surface area contributed by atoms with Gasteiger partial charge in [-0.2, -0.15) is 0 Å². The maximum Gasteiger partial charge on any atom is 0.0703 e. The second-order valence-electron chi connectivity index (χ2n) is 5.52. The predicted octanol–water partition coefficient (Wildman–Crippen LogP) is 2.26. The minimum atomic E-state index is 0.363. The minimum Gasteiger partial charge on any atom is -0.384 e. The van der Waals surface area contributed by atoms with Crippen LogP contribution in [0.2, 0.25) is 0 Å². The second-order valence-corrected chi connectivity index (χ2v) is 5.52. The van der Waals surface area contributed by atoms with Crippen LogP contribution in [0.15, 0.2) is 18.2 Å². The Labute approximate surface area is 109 Å². The Kier molecular flexibility index (Phi) is 3.27. The molecule has 1 N–H and O–H groups in total. The fourth-order valence-corrected chi connectivity index (χ4v) is 3.14. The molecule has 1 saturated heterocycles. The highest BCUT2D eigenvalue weighted by Crippen LogP contribution is 2.25. The van der Waals surface area contributed by atoms with Crippen LogP contribution in [-0.4, -0.2) is 37.2 Å². The van der Waals surface area contributed by atoms with Crippen molar-refractivity contribution in [2.45, 2.75) is 38.5 Å². The molecule has 0 aliphatic carbocycles. The molecular weight excluding hydrogens is 224 g/mol. The van der Waals surface area contributed by atoms with Crippen molar-refractivity contribution in [3.63, 3.8) is 0 Å². The maximum atomic E-state index is 5.64. The average molecular weight is 246 g/mol. The Morgan fingerprint density at radius 2 is 2.33 bits per heavy atom. The van der Waals surface area contributed by atoms with Crippen LogP contribution in [0.5, 0.6) is 0 Å². The van der Waals surface area contributed by atoms with Crippen molar-refractivity contribution in [3.8, 4) is 0 Å². The molecule has 2 unspecified atom stereocenters. The van der Waals surface area contributed by atoms with E-state index in [-0.39, 0.29) is 0 Å². The second kappa shape index (κ2) is 4.90. The third-order valence-electron chi connectivity index (χ3n) is 4.22. The number of ether oxygens (including phenoxy) is 1. The summed E-state index contributed by atoms with van der Waals surface area (Å²) >= 11 is 0. The van der Waals surface area contributed by atoms with Gasteiger partial charge in [-0.3, -0.25) is 4.90 Å². The quantitative estimate of drug-likeness (QED) is 0.885. The van der Waals surface area contributed by atoms with Gasteiger partial charge < -0.3 is 10.1 Å². The van der Waals surface area contributed by atoms with Crippen molar-refractivity contribution in [1.82, 2.24) is 4.90 Å². The van der Waals surface area contributed by atoms with Gasteiger partial charge in [-0.15, -0.1) is 0 Å². The van der Waals surface area contributed by atoms with Gasteiger partial charge in [-0.25, -0.2) is 0 Å². The van der Waals surface area contributed by atoms with Crippen LogP contribution in [0.3, 0.4) is 0 Å². The molecule has 0 bridgehead atoms. The van der Waals surface area contributed by atoms with Gasteiger partial charge >= 0.3 is 0 Å². The van der Waals surface area contributed by atoms with Gasteiger partial charge in [-0.05, 0) is 44.0 Å². The summed E-state index contributed by atoms with van der Waals surface area (Å²) in [5.41, 5.74) is 4.18. The number of rotatable bonds is 3. The van der Waals surface area contributed by atoms with Crippen LogP contribution in [0.25, 0.3) is 0 Å². The van der Waals surface area contributed by atoms with Crippen molar-refractivity contribution in [3.05, 3.63) is 29.3 Å². The standard InChI is InChI=1S/C15H22N2O/c1-11-15(6-8-18-11)17(2)10-12-3-4-13-5-7-16-14(13)9-12/h3-4,9,11,15-16H,5-8,10H2,1-2H3. The number of hydrogen-bond acceptors (Lipinski definition) is 3. The molecule has 1 aromatic carbocycles. The number of likely N-dealkylation sites (N-methyl/N-ethyl adjacent to an activating group) is 1. The molecule has 0 saturated carbocycles. The van der Waals surface area contributed by atoms with E-state index in [1.54, 1.807) is 0 Å². The van der Waals surface area contributed by atoms with E-state index in [4.69, 9.17) is 4.74 Å². The van der Waals surface area contributed by atoms with Crippen LogP contribution in [0.1, 0.15) is 24.5 Å². The third kappa shape index (κ3) is 2.25. The maximum absolute atomic E-state index is 5.64. The van der Waals surface area contributed by atoms with E-state index < -0.39 is 0 Å². The summed E-state index contributed by atoms with van der Waals surface area (Å²) < 4.78 is 5.64. The molecule has 0 radical (unpaired) electrons. The molecular formula is C15H22N2O. The molecule has 3 nitrogen and oxygen atoms in total. The smallest absolute Gasteiger partial charge is 0.0703 e. The van der Waals surface area contributed by atoms with E-state index in [0.717, 1.165) is 26.1 Å². The molecule has 3 rings (SSSR count). The molecule has 2 aliphatic heterocycles. The molecule has 2 aliphatic rings. The van der Waals surface area contributed by atoms with Crippen molar-refractivity contribution in [1.29, 1.82) is 0 Å².